The summed E-state index contributed by atoms with van der Waals surface area (Å²) in [7, 11) is -3.64. The molecule has 7 heteroatoms. The van der Waals surface area contributed by atoms with Gasteiger partial charge in [-0.25, -0.2) is 8.42 Å². The standard InChI is InChI=1S/C22H29N3O3S/c1-3-17(4-2)22(26)24-19-10-12-20(13-11-19)29(27,28)25-15-6-5-9-21(25)18-8-7-14-23-16-18/h7-8,10-14,16-17,21H,3-6,9,15H2,1-2H3,(H,24,26). The lowest BCUT2D eigenvalue weighted by Gasteiger charge is -2.34. The minimum absolute atomic E-state index is 0.0294. The zero-order valence-corrected chi connectivity index (χ0v) is 17.9. The van der Waals surface area contributed by atoms with Crippen LogP contribution in [0.1, 0.15) is 57.6 Å². The Labute approximate surface area is 173 Å². The van der Waals surface area contributed by atoms with Crippen LogP contribution in [0.3, 0.4) is 0 Å². The summed E-state index contributed by atoms with van der Waals surface area (Å²) in [5.74, 6) is -0.0646. The van der Waals surface area contributed by atoms with E-state index in [1.807, 2.05) is 26.0 Å². The van der Waals surface area contributed by atoms with E-state index in [2.05, 4.69) is 10.3 Å². The number of pyridine rings is 1. The van der Waals surface area contributed by atoms with Crippen molar-refractivity contribution in [1.82, 2.24) is 9.29 Å². The summed E-state index contributed by atoms with van der Waals surface area (Å²) in [4.78, 5) is 16.7. The van der Waals surface area contributed by atoms with Crippen molar-refractivity contribution in [3.8, 4) is 0 Å². The second-order valence-corrected chi connectivity index (χ2v) is 9.33. The SMILES string of the molecule is CCC(CC)C(=O)Nc1ccc(S(=O)(=O)N2CCCCC2c2cccnc2)cc1. The second kappa shape index (κ2) is 9.50. The average molecular weight is 416 g/mol. The number of amides is 1. The number of benzene rings is 1. The van der Waals surface area contributed by atoms with E-state index in [0.29, 0.717) is 12.2 Å². The van der Waals surface area contributed by atoms with E-state index in [0.717, 1.165) is 37.7 Å². The number of hydrogen-bond donors (Lipinski definition) is 1. The van der Waals surface area contributed by atoms with Gasteiger partial charge in [0.15, 0.2) is 0 Å². The lowest BCUT2D eigenvalue weighted by molar-refractivity contribution is -0.120. The fourth-order valence-electron chi connectivity index (χ4n) is 3.85. The molecule has 1 aliphatic rings. The van der Waals surface area contributed by atoms with Gasteiger partial charge in [-0.1, -0.05) is 26.3 Å². The van der Waals surface area contributed by atoms with E-state index in [1.54, 1.807) is 41.0 Å². The molecular weight excluding hydrogens is 386 g/mol. The van der Waals surface area contributed by atoms with Crippen molar-refractivity contribution in [3.63, 3.8) is 0 Å². The number of piperidine rings is 1. The quantitative estimate of drug-likeness (QED) is 0.728. The lowest BCUT2D eigenvalue weighted by atomic mass is 9.99. The number of sulfonamides is 1. The van der Waals surface area contributed by atoms with Crippen LogP contribution >= 0.6 is 0 Å². The van der Waals surface area contributed by atoms with Crippen LogP contribution in [0.2, 0.25) is 0 Å². The molecule has 1 unspecified atom stereocenters. The van der Waals surface area contributed by atoms with Gasteiger partial charge in [-0.3, -0.25) is 9.78 Å². The first-order chi connectivity index (χ1) is 14.0. The molecule has 0 saturated carbocycles. The van der Waals surface area contributed by atoms with Gasteiger partial charge in [-0.2, -0.15) is 4.31 Å². The predicted octanol–water partition coefficient (Wildman–Crippen LogP) is 4.37. The molecule has 2 heterocycles. The first kappa shape index (κ1) is 21.5. The average Bonchev–Trinajstić information content (AvgIpc) is 2.75. The Morgan fingerprint density at radius 2 is 1.90 bits per heavy atom. The Hall–Kier alpha value is -2.25. The van der Waals surface area contributed by atoms with Crippen molar-refractivity contribution in [2.75, 3.05) is 11.9 Å². The van der Waals surface area contributed by atoms with Crippen LogP contribution in [0.15, 0.2) is 53.7 Å². The summed E-state index contributed by atoms with van der Waals surface area (Å²) in [6.07, 6.45) is 7.62. The Morgan fingerprint density at radius 3 is 2.52 bits per heavy atom. The highest BCUT2D eigenvalue weighted by Crippen LogP contribution is 2.35. The molecule has 0 spiro atoms. The predicted molar refractivity (Wildman–Crippen MR) is 114 cm³/mol. The van der Waals surface area contributed by atoms with E-state index in [-0.39, 0.29) is 22.8 Å². The van der Waals surface area contributed by atoms with E-state index in [4.69, 9.17) is 0 Å². The van der Waals surface area contributed by atoms with Gasteiger partial charge in [-0.15, -0.1) is 0 Å². The van der Waals surface area contributed by atoms with Crippen LogP contribution < -0.4 is 5.32 Å². The fraction of sp³-hybridized carbons (Fsp3) is 0.455. The Bertz CT molecular complexity index is 910. The molecule has 1 aromatic heterocycles. The monoisotopic (exact) mass is 415 g/mol. The summed E-state index contributed by atoms with van der Waals surface area (Å²) in [6.45, 7) is 4.47. The molecule has 1 atom stereocenters. The largest absolute Gasteiger partial charge is 0.326 e. The summed E-state index contributed by atoms with van der Waals surface area (Å²) >= 11 is 0. The first-order valence-corrected chi connectivity index (χ1v) is 11.7. The number of hydrogen-bond acceptors (Lipinski definition) is 4. The van der Waals surface area contributed by atoms with Gasteiger partial charge in [0.25, 0.3) is 0 Å². The minimum atomic E-state index is -3.64. The number of nitrogens with zero attached hydrogens (tertiary/aromatic N) is 2. The maximum atomic E-state index is 13.3. The van der Waals surface area contributed by atoms with Crippen molar-refractivity contribution < 1.29 is 13.2 Å². The second-order valence-electron chi connectivity index (χ2n) is 7.44. The van der Waals surface area contributed by atoms with Crippen molar-refractivity contribution >= 4 is 21.6 Å². The molecule has 1 fully saturated rings. The fourth-order valence-corrected chi connectivity index (χ4v) is 5.53. The molecular formula is C22H29N3O3S. The van der Waals surface area contributed by atoms with Crippen molar-refractivity contribution in [3.05, 3.63) is 54.4 Å². The molecule has 29 heavy (non-hydrogen) atoms. The normalized spacial score (nSPS) is 18.0. The molecule has 0 radical (unpaired) electrons. The molecule has 1 saturated heterocycles. The van der Waals surface area contributed by atoms with E-state index in [9.17, 15) is 13.2 Å². The molecule has 3 rings (SSSR count). The van der Waals surface area contributed by atoms with Crippen LogP contribution in [-0.2, 0) is 14.8 Å². The third kappa shape index (κ3) is 4.85. The van der Waals surface area contributed by atoms with Gasteiger partial charge >= 0.3 is 0 Å². The molecule has 0 aliphatic carbocycles. The minimum Gasteiger partial charge on any atom is -0.326 e. The lowest BCUT2D eigenvalue weighted by Crippen LogP contribution is -2.38. The zero-order chi connectivity index (χ0) is 20.9. The van der Waals surface area contributed by atoms with Gasteiger partial charge < -0.3 is 5.32 Å². The van der Waals surface area contributed by atoms with Gasteiger partial charge in [0.05, 0.1) is 10.9 Å². The summed E-state index contributed by atoms with van der Waals surface area (Å²) in [6, 6.07) is 10.1. The molecule has 1 aliphatic heterocycles. The number of carbonyl (C=O) groups excluding carboxylic acids is 1. The first-order valence-electron chi connectivity index (χ1n) is 10.3. The van der Waals surface area contributed by atoms with Crippen molar-refractivity contribution in [1.29, 1.82) is 0 Å². The van der Waals surface area contributed by atoms with E-state index >= 15 is 0 Å². The van der Waals surface area contributed by atoms with Crippen molar-refractivity contribution in [2.45, 2.75) is 56.9 Å². The van der Waals surface area contributed by atoms with Gasteiger partial charge in [0, 0.05) is 30.5 Å². The Balaban J connectivity index is 1.80. The van der Waals surface area contributed by atoms with Crippen LogP contribution in [0, 0.1) is 5.92 Å². The highest BCUT2D eigenvalue weighted by atomic mass is 32.2. The molecule has 1 N–H and O–H groups in total. The van der Waals surface area contributed by atoms with Crippen molar-refractivity contribution in [2.24, 2.45) is 5.92 Å². The number of nitrogens with one attached hydrogen (secondary N) is 1. The molecule has 6 nitrogen and oxygen atoms in total. The van der Waals surface area contributed by atoms with E-state index in [1.165, 1.54) is 0 Å². The highest BCUT2D eigenvalue weighted by molar-refractivity contribution is 7.89. The van der Waals surface area contributed by atoms with Crippen LogP contribution in [0.5, 0.6) is 0 Å². The van der Waals surface area contributed by atoms with Gasteiger partial charge in [0.1, 0.15) is 0 Å². The van der Waals surface area contributed by atoms with Crippen LogP contribution in [0.25, 0.3) is 0 Å². The zero-order valence-electron chi connectivity index (χ0n) is 17.0. The third-order valence-corrected chi connectivity index (χ3v) is 7.53. The number of aromatic nitrogens is 1. The number of rotatable bonds is 7. The number of carbonyl (C=O) groups is 1. The molecule has 1 aromatic carbocycles. The van der Waals surface area contributed by atoms with E-state index < -0.39 is 10.0 Å². The summed E-state index contributed by atoms with van der Waals surface area (Å²) < 4.78 is 28.2. The Kier molecular flexibility index (Phi) is 7.03. The maximum Gasteiger partial charge on any atom is 0.243 e. The number of anilines is 1. The van der Waals surface area contributed by atoms with Gasteiger partial charge in [0.2, 0.25) is 15.9 Å². The summed E-state index contributed by atoms with van der Waals surface area (Å²) in [5.41, 5.74) is 1.54. The molecule has 2 aromatic rings. The topological polar surface area (TPSA) is 79.4 Å². The third-order valence-electron chi connectivity index (χ3n) is 5.61. The molecule has 156 valence electrons. The summed E-state index contributed by atoms with van der Waals surface area (Å²) in [5, 5.41) is 2.88. The molecule has 0 bridgehead atoms. The van der Waals surface area contributed by atoms with Crippen LogP contribution in [0.4, 0.5) is 5.69 Å². The molecule has 1 amide bonds. The Morgan fingerprint density at radius 1 is 1.17 bits per heavy atom. The highest BCUT2D eigenvalue weighted by Gasteiger charge is 2.34. The van der Waals surface area contributed by atoms with Crippen LogP contribution in [-0.4, -0.2) is 30.2 Å². The smallest absolute Gasteiger partial charge is 0.243 e. The maximum absolute atomic E-state index is 13.3. The van der Waals surface area contributed by atoms with Gasteiger partial charge in [-0.05, 0) is 61.6 Å².